The van der Waals surface area contributed by atoms with Gasteiger partial charge in [-0.15, -0.1) is 0 Å². The summed E-state index contributed by atoms with van der Waals surface area (Å²) in [5.74, 6) is 0. The topological polar surface area (TPSA) is 72.2 Å². The SMILES string of the molecule is NC(=S)CCCNS(=O)(=O)c1ccc(Cl)cc1. The van der Waals surface area contributed by atoms with Gasteiger partial charge in [0, 0.05) is 11.6 Å². The molecule has 0 aromatic heterocycles. The van der Waals surface area contributed by atoms with Crippen LogP contribution in [-0.2, 0) is 10.0 Å². The fourth-order valence-corrected chi connectivity index (χ4v) is 2.51. The van der Waals surface area contributed by atoms with Gasteiger partial charge in [-0.05, 0) is 37.1 Å². The van der Waals surface area contributed by atoms with E-state index in [4.69, 9.17) is 29.6 Å². The number of halogens is 1. The van der Waals surface area contributed by atoms with E-state index in [1.807, 2.05) is 0 Å². The van der Waals surface area contributed by atoms with Crippen molar-refractivity contribution in [3.05, 3.63) is 29.3 Å². The predicted octanol–water partition coefficient (Wildman–Crippen LogP) is 1.68. The maximum absolute atomic E-state index is 11.8. The molecule has 1 rings (SSSR count). The van der Waals surface area contributed by atoms with E-state index >= 15 is 0 Å². The molecule has 17 heavy (non-hydrogen) atoms. The molecule has 94 valence electrons. The second-order valence-electron chi connectivity index (χ2n) is 3.42. The fourth-order valence-electron chi connectivity index (χ4n) is 1.17. The van der Waals surface area contributed by atoms with Crippen molar-refractivity contribution < 1.29 is 8.42 Å². The van der Waals surface area contributed by atoms with E-state index in [0.717, 1.165) is 0 Å². The van der Waals surface area contributed by atoms with Crippen LogP contribution in [0, 0.1) is 0 Å². The molecule has 0 bridgehead atoms. The van der Waals surface area contributed by atoms with Gasteiger partial charge in [0.2, 0.25) is 10.0 Å². The van der Waals surface area contributed by atoms with Gasteiger partial charge in [0.1, 0.15) is 0 Å². The van der Waals surface area contributed by atoms with Gasteiger partial charge in [0.05, 0.1) is 9.88 Å². The molecule has 0 amide bonds. The highest BCUT2D eigenvalue weighted by Crippen LogP contribution is 2.13. The largest absolute Gasteiger partial charge is 0.393 e. The normalized spacial score (nSPS) is 11.4. The van der Waals surface area contributed by atoms with Crippen molar-refractivity contribution in [3.63, 3.8) is 0 Å². The highest BCUT2D eigenvalue weighted by atomic mass is 35.5. The zero-order valence-corrected chi connectivity index (χ0v) is 11.4. The summed E-state index contributed by atoms with van der Waals surface area (Å²) < 4.78 is 26.0. The first-order valence-corrected chi connectivity index (χ1v) is 7.22. The summed E-state index contributed by atoms with van der Waals surface area (Å²) >= 11 is 10.4. The smallest absolute Gasteiger partial charge is 0.240 e. The van der Waals surface area contributed by atoms with Gasteiger partial charge < -0.3 is 5.73 Å². The molecule has 0 aliphatic heterocycles. The minimum atomic E-state index is -3.47. The van der Waals surface area contributed by atoms with E-state index < -0.39 is 10.0 Å². The number of benzene rings is 1. The Labute approximate surface area is 111 Å². The van der Waals surface area contributed by atoms with E-state index in [0.29, 0.717) is 29.4 Å². The Morgan fingerprint density at radius 2 is 1.94 bits per heavy atom. The molecule has 7 heteroatoms. The molecule has 0 saturated carbocycles. The maximum Gasteiger partial charge on any atom is 0.240 e. The van der Waals surface area contributed by atoms with Crippen LogP contribution >= 0.6 is 23.8 Å². The molecule has 3 N–H and O–H groups in total. The lowest BCUT2D eigenvalue weighted by Gasteiger charge is -2.06. The molecule has 0 heterocycles. The summed E-state index contributed by atoms with van der Waals surface area (Å²) in [7, 11) is -3.47. The van der Waals surface area contributed by atoms with Gasteiger partial charge in [0.25, 0.3) is 0 Å². The van der Waals surface area contributed by atoms with E-state index in [9.17, 15) is 8.42 Å². The molecule has 1 aromatic rings. The van der Waals surface area contributed by atoms with Gasteiger partial charge >= 0.3 is 0 Å². The Bertz CT molecular complexity index is 486. The lowest BCUT2D eigenvalue weighted by molar-refractivity contribution is 0.580. The summed E-state index contributed by atoms with van der Waals surface area (Å²) in [5, 5.41) is 0.498. The van der Waals surface area contributed by atoms with Crippen molar-refractivity contribution in [2.45, 2.75) is 17.7 Å². The minimum Gasteiger partial charge on any atom is -0.393 e. The third-order valence-electron chi connectivity index (χ3n) is 2.02. The molecule has 0 saturated heterocycles. The first kappa shape index (κ1) is 14.4. The van der Waals surface area contributed by atoms with Gasteiger partial charge in [0.15, 0.2) is 0 Å². The van der Waals surface area contributed by atoms with Crippen LogP contribution < -0.4 is 10.5 Å². The summed E-state index contributed by atoms with van der Waals surface area (Å²) in [6.45, 7) is 0.308. The minimum absolute atomic E-state index is 0.192. The van der Waals surface area contributed by atoms with Gasteiger partial charge in [-0.1, -0.05) is 23.8 Å². The van der Waals surface area contributed by atoms with Crippen LogP contribution in [0.25, 0.3) is 0 Å². The Kier molecular flexibility index (Phi) is 5.32. The molecule has 0 spiro atoms. The number of sulfonamides is 1. The molecule has 4 nitrogen and oxygen atoms in total. The quantitative estimate of drug-likeness (QED) is 0.618. The summed E-state index contributed by atoms with van der Waals surface area (Å²) in [5.41, 5.74) is 5.31. The molecule has 1 aromatic carbocycles. The summed E-state index contributed by atoms with van der Waals surface area (Å²) in [6.07, 6.45) is 1.11. The average Bonchev–Trinajstić information content (AvgIpc) is 2.25. The lowest BCUT2D eigenvalue weighted by Crippen LogP contribution is -2.25. The zero-order chi connectivity index (χ0) is 12.9. The van der Waals surface area contributed by atoms with Crippen LogP contribution in [0.3, 0.4) is 0 Å². The van der Waals surface area contributed by atoms with E-state index in [1.54, 1.807) is 0 Å². The van der Waals surface area contributed by atoms with Crippen molar-refractivity contribution in [2.24, 2.45) is 5.73 Å². The van der Waals surface area contributed by atoms with Crippen LogP contribution in [-0.4, -0.2) is 20.0 Å². The second-order valence-corrected chi connectivity index (χ2v) is 6.15. The average molecular weight is 293 g/mol. The van der Waals surface area contributed by atoms with E-state index in [-0.39, 0.29) is 4.90 Å². The fraction of sp³-hybridized carbons (Fsp3) is 0.300. The van der Waals surface area contributed by atoms with Crippen LogP contribution in [0.5, 0.6) is 0 Å². The number of rotatable bonds is 6. The van der Waals surface area contributed by atoms with Crippen LogP contribution in [0.4, 0.5) is 0 Å². The summed E-state index contributed by atoms with van der Waals surface area (Å²) in [6, 6.07) is 5.98. The Morgan fingerprint density at radius 3 is 2.47 bits per heavy atom. The van der Waals surface area contributed by atoms with Crippen molar-refractivity contribution in [2.75, 3.05) is 6.54 Å². The van der Waals surface area contributed by atoms with Crippen molar-refractivity contribution in [3.8, 4) is 0 Å². The summed E-state index contributed by atoms with van der Waals surface area (Å²) in [4.78, 5) is 0.577. The molecule has 0 fully saturated rings. The third kappa shape index (κ3) is 4.99. The second kappa shape index (κ2) is 6.30. The molecule has 0 aliphatic carbocycles. The van der Waals surface area contributed by atoms with Crippen molar-refractivity contribution in [1.82, 2.24) is 4.72 Å². The Hall–Kier alpha value is -0.690. The Morgan fingerprint density at radius 1 is 1.35 bits per heavy atom. The van der Waals surface area contributed by atoms with Crippen LogP contribution in [0.2, 0.25) is 5.02 Å². The molecule has 0 radical (unpaired) electrons. The predicted molar refractivity (Wildman–Crippen MR) is 72.7 cm³/mol. The zero-order valence-electron chi connectivity index (χ0n) is 9.02. The first-order valence-electron chi connectivity index (χ1n) is 4.95. The maximum atomic E-state index is 11.8. The number of hydrogen-bond donors (Lipinski definition) is 2. The standard InChI is InChI=1S/C10H13ClN2O2S2/c11-8-3-5-9(6-4-8)17(14,15)13-7-1-2-10(12)16/h3-6,13H,1-2,7H2,(H2,12,16). The van der Waals surface area contributed by atoms with Gasteiger partial charge in [-0.2, -0.15) is 0 Å². The molecule has 0 aliphatic rings. The molecule has 0 unspecified atom stereocenters. The molecular formula is C10H13ClN2O2S2. The molecule has 0 atom stereocenters. The number of nitrogens with one attached hydrogen (secondary N) is 1. The van der Waals surface area contributed by atoms with Crippen molar-refractivity contribution in [1.29, 1.82) is 0 Å². The van der Waals surface area contributed by atoms with Gasteiger partial charge in [-0.3, -0.25) is 0 Å². The third-order valence-corrected chi connectivity index (χ3v) is 3.95. The monoisotopic (exact) mass is 292 g/mol. The number of hydrogen-bond acceptors (Lipinski definition) is 3. The number of thiocarbonyl (C=S) groups is 1. The number of nitrogens with two attached hydrogens (primary N) is 1. The van der Waals surface area contributed by atoms with Crippen molar-refractivity contribution >= 4 is 38.8 Å². The van der Waals surface area contributed by atoms with Crippen LogP contribution in [0.15, 0.2) is 29.2 Å². The Balaban J connectivity index is 2.57. The van der Waals surface area contributed by atoms with Gasteiger partial charge in [-0.25, -0.2) is 13.1 Å². The first-order chi connectivity index (χ1) is 7.92. The highest BCUT2D eigenvalue weighted by Gasteiger charge is 2.12. The highest BCUT2D eigenvalue weighted by molar-refractivity contribution is 7.89. The van der Waals surface area contributed by atoms with E-state index in [2.05, 4.69) is 4.72 Å². The molecular weight excluding hydrogens is 280 g/mol. The van der Waals surface area contributed by atoms with E-state index in [1.165, 1.54) is 24.3 Å². The lowest BCUT2D eigenvalue weighted by atomic mass is 10.3. The van der Waals surface area contributed by atoms with Crippen LogP contribution in [0.1, 0.15) is 12.8 Å².